The molecule has 0 aromatic carbocycles. The van der Waals surface area contributed by atoms with Gasteiger partial charge in [-0.25, -0.2) is 0 Å². The van der Waals surface area contributed by atoms with E-state index < -0.39 is 0 Å². The summed E-state index contributed by atoms with van der Waals surface area (Å²) in [5, 5.41) is 0. The average molecular weight is 318 g/mol. The maximum Gasteiger partial charge on any atom is 0.308 e. The second kappa shape index (κ2) is 14.8. The van der Waals surface area contributed by atoms with Crippen LogP contribution in [0.15, 0.2) is 0 Å². The predicted molar refractivity (Wildman–Crippen MR) is 82.5 cm³/mol. The van der Waals surface area contributed by atoms with Gasteiger partial charge in [0, 0.05) is 6.92 Å². The number of hydrogen-bond donors (Lipinski definition) is 0. The summed E-state index contributed by atoms with van der Waals surface area (Å²) < 4.78 is 20.4. The molecule has 1 unspecified atom stereocenters. The number of carbonyl (C=O) groups is 2. The lowest BCUT2D eigenvalue weighted by Gasteiger charge is -2.13. The minimum atomic E-state index is -0.314. The second-order valence-electron chi connectivity index (χ2n) is 4.98. The fourth-order valence-electron chi connectivity index (χ4n) is 1.82. The molecule has 0 aliphatic heterocycles. The van der Waals surface area contributed by atoms with E-state index in [1.54, 1.807) is 0 Å². The molecule has 0 fully saturated rings. The third-order valence-electron chi connectivity index (χ3n) is 3.11. The van der Waals surface area contributed by atoms with Crippen LogP contribution in [-0.2, 0) is 28.5 Å². The van der Waals surface area contributed by atoms with Crippen LogP contribution in [0.5, 0.6) is 0 Å². The SMILES string of the molecule is CCCCC(CC)C(=O)OCCOCCOCCOC(C)=O. The maximum absolute atomic E-state index is 11.8. The highest BCUT2D eigenvalue weighted by Gasteiger charge is 2.16. The molecule has 0 aromatic rings. The Labute approximate surface area is 133 Å². The van der Waals surface area contributed by atoms with Crippen molar-refractivity contribution in [2.75, 3.05) is 39.6 Å². The second-order valence-corrected chi connectivity index (χ2v) is 4.98. The largest absolute Gasteiger partial charge is 0.463 e. The van der Waals surface area contributed by atoms with E-state index in [0.29, 0.717) is 26.4 Å². The van der Waals surface area contributed by atoms with Crippen molar-refractivity contribution in [3.63, 3.8) is 0 Å². The summed E-state index contributed by atoms with van der Waals surface area (Å²) >= 11 is 0. The number of esters is 2. The summed E-state index contributed by atoms with van der Waals surface area (Å²) in [5.41, 5.74) is 0. The molecule has 0 aliphatic carbocycles. The van der Waals surface area contributed by atoms with E-state index in [1.165, 1.54) is 6.92 Å². The Morgan fingerprint density at radius 3 is 1.91 bits per heavy atom. The fourth-order valence-corrected chi connectivity index (χ4v) is 1.82. The van der Waals surface area contributed by atoms with Crippen LogP contribution in [0.25, 0.3) is 0 Å². The van der Waals surface area contributed by atoms with Gasteiger partial charge in [0.1, 0.15) is 13.2 Å². The monoisotopic (exact) mass is 318 g/mol. The molecule has 0 aliphatic rings. The van der Waals surface area contributed by atoms with Gasteiger partial charge in [-0.3, -0.25) is 9.59 Å². The Morgan fingerprint density at radius 2 is 1.41 bits per heavy atom. The number of hydrogen-bond acceptors (Lipinski definition) is 6. The van der Waals surface area contributed by atoms with Crippen LogP contribution in [0.2, 0.25) is 0 Å². The van der Waals surface area contributed by atoms with E-state index in [2.05, 4.69) is 6.92 Å². The lowest BCUT2D eigenvalue weighted by Crippen LogP contribution is -2.20. The molecule has 130 valence electrons. The van der Waals surface area contributed by atoms with E-state index in [4.69, 9.17) is 18.9 Å². The van der Waals surface area contributed by atoms with Crippen molar-refractivity contribution in [1.82, 2.24) is 0 Å². The maximum atomic E-state index is 11.8. The zero-order valence-electron chi connectivity index (χ0n) is 14.1. The van der Waals surface area contributed by atoms with Gasteiger partial charge < -0.3 is 18.9 Å². The molecule has 0 radical (unpaired) electrons. The average Bonchev–Trinajstić information content (AvgIpc) is 2.49. The van der Waals surface area contributed by atoms with Crippen molar-refractivity contribution in [3.05, 3.63) is 0 Å². The Morgan fingerprint density at radius 1 is 0.864 bits per heavy atom. The standard InChI is InChI=1S/C16H30O6/c1-4-6-7-15(5-2)16(18)22-13-11-20-9-8-19-10-12-21-14(3)17/h15H,4-13H2,1-3H3. The van der Waals surface area contributed by atoms with Gasteiger partial charge in [0.2, 0.25) is 0 Å². The van der Waals surface area contributed by atoms with Crippen LogP contribution in [-0.4, -0.2) is 51.6 Å². The summed E-state index contributed by atoms with van der Waals surface area (Å²) in [6, 6.07) is 0. The van der Waals surface area contributed by atoms with E-state index >= 15 is 0 Å². The number of carbonyl (C=O) groups excluding carboxylic acids is 2. The van der Waals surface area contributed by atoms with Crippen molar-refractivity contribution in [2.24, 2.45) is 5.92 Å². The van der Waals surface area contributed by atoms with Crippen molar-refractivity contribution < 1.29 is 28.5 Å². The van der Waals surface area contributed by atoms with Crippen LogP contribution >= 0.6 is 0 Å². The summed E-state index contributed by atoms with van der Waals surface area (Å²) in [7, 11) is 0. The third kappa shape index (κ3) is 12.6. The summed E-state index contributed by atoms with van der Waals surface area (Å²) in [4.78, 5) is 22.3. The Balaban J connectivity index is 3.41. The van der Waals surface area contributed by atoms with E-state index in [-0.39, 0.29) is 31.1 Å². The number of unbranched alkanes of at least 4 members (excludes halogenated alkanes) is 1. The summed E-state index contributed by atoms with van der Waals surface area (Å²) in [5.74, 6) is -0.437. The van der Waals surface area contributed by atoms with Gasteiger partial charge in [-0.15, -0.1) is 0 Å². The smallest absolute Gasteiger partial charge is 0.308 e. The van der Waals surface area contributed by atoms with Gasteiger partial charge in [-0.1, -0.05) is 26.7 Å². The van der Waals surface area contributed by atoms with Gasteiger partial charge in [0.25, 0.3) is 0 Å². The molecule has 6 nitrogen and oxygen atoms in total. The van der Waals surface area contributed by atoms with Gasteiger partial charge in [0.15, 0.2) is 0 Å². The topological polar surface area (TPSA) is 71.1 Å². The van der Waals surface area contributed by atoms with E-state index in [0.717, 1.165) is 25.7 Å². The Kier molecular flexibility index (Phi) is 14.0. The first-order valence-electron chi connectivity index (χ1n) is 8.07. The molecule has 0 spiro atoms. The predicted octanol–water partition coefficient (Wildman–Crippen LogP) is 2.34. The number of ether oxygens (including phenoxy) is 4. The molecule has 0 saturated carbocycles. The zero-order valence-corrected chi connectivity index (χ0v) is 14.1. The van der Waals surface area contributed by atoms with Gasteiger partial charge in [-0.05, 0) is 12.8 Å². The molecular weight excluding hydrogens is 288 g/mol. The van der Waals surface area contributed by atoms with E-state index in [1.807, 2.05) is 6.92 Å². The summed E-state index contributed by atoms with van der Waals surface area (Å²) in [6.07, 6.45) is 3.85. The molecule has 0 heterocycles. The van der Waals surface area contributed by atoms with Crippen LogP contribution < -0.4 is 0 Å². The van der Waals surface area contributed by atoms with Crippen LogP contribution in [0, 0.1) is 5.92 Å². The minimum Gasteiger partial charge on any atom is -0.463 e. The molecule has 0 amide bonds. The fraction of sp³-hybridized carbons (Fsp3) is 0.875. The highest BCUT2D eigenvalue weighted by molar-refractivity contribution is 5.72. The van der Waals surface area contributed by atoms with E-state index in [9.17, 15) is 9.59 Å². The van der Waals surface area contributed by atoms with Gasteiger partial charge >= 0.3 is 11.9 Å². The lowest BCUT2D eigenvalue weighted by molar-refractivity contribution is -0.151. The first-order valence-corrected chi connectivity index (χ1v) is 8.07. The minimum absolute atomic E-state index is 0.00422. The molecule has 22 heavy (non-hydrogen) atoms. The Hall–Kier alpha value is -1.14. The lowest BCUT2D eigenvalue weighted by atomic mass is 10.00. The molecule has 0 bridgehead atoms. The first-order chi connectivity index (χ1) is 10.6. The Bertz CT molecular complexity index is 292. The van der Waals surface area contributed by atoms with Gasteiger partial charge in [0.05, 0.1) is 32.3 Å². The quantitative estimate of drug-likeness (QED) is 0.362. The van der Waals surface area contributed by atoms with Crippen molar-refractivity contribution in [1.29, 1.82) is 0 Å². The normalized spacial score (nSPS) is 12.0. The molecule has 0 aromatic heterocycles. The van der Waals surface area contributed by atoms with Crippen LogP contribution in [0.3, 0.4) is 0 Å². The molecular formula is C16H30O6. The molecule has 0 N–H and O–H groups in total. The summed E-state index contributed by atoms with van der Waals surface area (Å²) in [6.45, 7) is 7.56. The highest BCUT2D eigenvalue weighted by Crippen LogP contribution is 2.14. The molecule has 1 atom stereocenters. The molecule has 0 rings (SSSR count). The first kappa shape index (κ1) is 20.9. The zero-order chi connectivity index (χ0) is 16.6. The van der Waals surface area contributed by atoms with Gasteiger partial charge in [-0.2, -0.15) is 0 Å². The van der Waals surface area contributed by atoms with Crippen molar-refractivity contribution in [2.45, 2.75) is 46.5 Å². The highest BCUT2D eigenvalue weighted by atomic mass is 16.6. The van der Waals surface area contributed by atoms with Crippen molar-refractivity contribution in [3.8, 4) is 0 Å². The van der Waals surface area contributed by atoms with Crippen LogP contribution in [0.1, 0.15) is 46.5 Å². The van der Waals surface area contributed by atoms with Crippen LogP contribution in [0.4, 0.5) is 0 Å². The molecule has 0 saturated heterocycles. The number of rotatable bonds is 14. The molecule has 6 heteroatoms. The third-order valence-corrected chi connectivity index (χ3v) is 3.11. The van der Waals surface area contributed by atoms with Crippen molar-refractivity contribution >= 4 is 11.9 Å².